The fraction of sp³-hybridized carbons (Fsp3) is 0.929. The monoisotopic (exact) mass is 239 g/mol. The van der Waals surface area contributed by atoms with E-state index in [1.54, 1.807) is 0 Å². The van der Waals surface area contributed by atoms with E-state index < -0.39 is 0 Å². The van der Waals surface area contributed by atoms with Gasteiger partial charge in [-0.3, -0.25) is 4.99 Å². The van der Waals surface area contributed by atoms with E-state index in [4.69, 9.17) is 0 Å². The Morgan fingerprint density at radius 1 is 1.35 bits per heavy atom. The maximum absolute atomic E-state index is 4.62. The fourth-order valence-electron chi connectivity index (χ4n) is 1.87. The van der Waals surface area contributed by atoms with E-state index in [-0.39, 0.29) is 0 Å². The van der Waals surface area contributed by atoms with Gasteiger partial charge in [-0.25, -0.2) is 0 Å². The lowest BCUT2D eigenvalue weighted by atomic mass is 10.1. The minimum Gasteiger partial charge on any atom is -0.357 e. The molecule has 0 saturated heterocycles. The second-order valence-corrected chi connectivity index (χ2v) is 5.61. The number of hydrogen-bond donors (Lipinski definition) is 2. The highest BCUT2D eigenvalue weighted by Gasteiger charge is 2.33. The van der Waals surface area contributed by atoms with Gasteiger partial charge in [0.2, 0.25) is 0 Å². The van der Waals surface area contributed by atoms with Gasteiger partial charge in [0.25, 0.3) is 0 Å². The van der Waals surface area contributed by atoms with Crippen LogP contribution < -0.4 is 10.6 Å². The molecule has 2 N–H and O–H groups in total. The molecule has 3 nitrogen and oxygen atoms in total. The molecule has 100 valence electrons. The molecule has 3 heteroatoms. The molecule has 1 aliphatic carbocycles. The molecule has 0 aromatic heterocycles. The minimum atomic E-state index is 0.656. The van der Waals surface area contributed by atoms with Crippen molar-refractivity contribution < 1.29 is 0 Å². The lowest BCUT2D eigenvalue weighted by Crippen LogP contribution is -2.39. The summed E-state index contributed by atoms with van der Waals surface area (Å²) < 4.78 is 0. The van der Waals surface area contributed by atoms with Gasteiger partial charge < -0.3 is 10.6 Å². The maximum Gasteiger partial charge on any atom is 0.191 e. The third-order valence-electron chi connectivity index (χ3n) is 3.24. The van der Waals surface area contributed by atoms with Gasteiger partial charge in [0.1, 0.15) is 0 Å². The van der Waals surface area contributed by atoms with Crippen LogP contribution in [0.25, 0.3) is 0 Å². The molecule has 1 fully saturated rings. The van der Waals surface area contributed by atoms with Crippen molar-refractivity contribution in [1.29, 1.82) is 0 Å². The van der Waals surface area contributed by atoms with Crippen LogP contribution in [-0.4, -0.2) is 25.1 Å². The van der Waals surface area contributed by atoms with E-state index in [0.29, 0.717) is 6.04 Å². The van der Waals surface area contributed by atoms with Crippen molar-refractivity contribution >= 4 is 5.96 Å². The molecule has 2 atom stereocenters. The Morgan fingerprint density at radius 3 is 2.59 bits per heavy atom. The zero-order valence-corrected chi connectivity index (χ0v) is 11.9. The van der Waals surface area contributed by atoms with Gasteiger partial charge in [-0.2, -0.15) is 0 Å². The molecule has 1 saturated carbocycles. The Labute approximate surface area is 106 Å². The number of hydrogen-bond acceptors (Lipinski definition) is 1. The van der Waals surface area contributed by atoms with Crippen LogP contribution in [0.2, 0.25) is 0 Å². The molecule has 2 unspecified atom stereocenters. The maximum atomic E-state index is 4.62. The van der Waals surface area contributed by atoms with Gasteiger partial charge in [0.05, 0.1) is 0 Å². The van der Waals surface area contributed by atoms with Crippen molar-refractivity contribution in [3.63, 3.8) is 0 Å². The van der Waals surface area contributed by atoms with E-state index in [9.17, 15) is 0 Å². The first-order valence-corrected chi connectivity index (χ1v) is 7.18. The molecular formula is C14H29N3. The van der Waals surface area contributed by atoms with Crippen LogP contribution in [0, 0.1) is 11.8 Å². The Bertz CT molecular complexity index is 236. The van der Waals surface area contributed by atoms with Crippen molar-refractivity contribution in [2.75, 3.05) is 13.1 Å². The largest absolute Gasteiger partial charge is 0.357 e. The number of guanidine groups is 1. The second kappa shape index (κ2) is 7.57. The van der Waals surface area contributed by atoms with Crippen molar-refractivity contribution in [3.8, 4) is 0 Å². The van der Waals surface area contributed by atoms with Crippen LogP contribution in [0.15, 0.2) is 4.99 Å². The van der Waals surface area contributed by atoms with Gasteiger partial charge in [-0.05, 0) is 31.6 Å². The molecule has 0 aliphatic heterocycles. The van der Waals surface area contributed by atoms with Crippen LogP contribution in [0.4, 0.5) is 0 Å². The van der Waals surface area contributed by atoms with E-state index in [1.807, 2.05) is 0 Å². The molecule has 0 amide bonds. The molecule has 1 aliphatic rings. The third kappa shape index (κ3) is 6.54. The van der Waals surface area contributed by atoms with Crippen LogP contribution in [0.5, 0.6) is 0 Å². The zero-order valence-electron chi connectivity index (χ0n) is 11.9. The summed E-state index contributed by atoms with van der Waals surface area (Å²) in [7, 11) is 0. The van der Waals surface area contributed by atoms with Crippen molar-refractivity contribution in [2.45, 2.75) is 59.4 Å². The minimum absolute atomic E-state index is 0.656. The first kappa shape index (κ1) is 14.3. The number of rotatable bonds is 7. The Hall–Kier alpha value is -0.730. The van der Waals surface area contributed by atoms with E-state index in [2.05, 4.69) is 43.3 Å². The van der Waals surface area contributed by atoms with Crippen molar-refractivity contribution in [3.05, 3.63) is 0 Å². The van der Waals surface area contributed by atoms with E-state index in [1.165, 1.54) is 25.7 Å². The smallest absolute Gasteiger partial charge is 0.191 e. The highest BCUT2D eigenvalue weighted by molar-refractivity contribution is 5.80. The van der Waals surface area contributed by atoms with Crippen LogP contribution >= 0.6 is 0 Å². The SMILES string of the molecule is CCNC(=NCCCCC(C)C)NC1CC1C. The van der Waals surface area contributed by atoms with Crippen molar-refractivity contribution in [2.24, 2.45) is 16.8 Å². The number of nitrogens with zero attached hydrogens (tertiary/aromatic N) is 1. The highest BCUT2D eigenvalue weighted by atomic mass is 15.2. The van der Waals surface area contributed by atoms with Gasteiger partial charge in [-0.15, -0.1) is 0 Å². The number of nitrogens with one attached hydrogen (secondary N) is 2. The highest BCUT2D eigenvalue weighted by Crippen LogP contribution is 2.28. The lowest BCUT2D eigenvalue weighted by Gasteiger charge is -2.10. The number of unbranched alkanes of at least 4 members (excludes halogenated alkanes) is 1. The quantitative estimate of drug-likeness (QED) is 0.407. The summed E-state index contributed by atoms with van der Waals surface area (Å²) in [5.41, 5.74) is 0. The molecular weight excluding hydrogens is 210 g/mol. The number of aliphatic imine (C=N–C) groups is 1. The van der Waals surface area contributed by atoms with Gasteiger partial charge in [0.15, 0.2) is 5.96 Å². The van der Waals surface area contributed by atoms with Crippen LogP contribution in [-0.2, 0) is 0 Å². The molecule has 0 bridgehead atoms. The van der Waals surface area contributed by atoms with Crippen LogP contribution in [0.1, 0.15) is 53.4 Å². The summed E-state index contributed by atoms with van der Waals surface area (Å²) >= 11 is 0. The van der Waals surface area contributed by atoms with E-state index in [0.717, 1.165) is 30.9 Å². The average Bonchev–Trinajstić information content (AvgIpc) is 2.93. The average molecular weight is 239 g/mol. The predicted molar refractivity (Wildman–Crippen MR) is 75.4 cm³/mol. The topological polar surface area (TPSA) is 36.4 Å². The zero-order chi connectivity index (χ0) is 12.7. The summed E-state index contributed by atoms with van der Waals surface area (Å²) in [4.78, 5) is 4.62. The van der Waals surface area contributed by atoms with Crippen LogP contribution in [0.3, 0.4) is 0 Å². The Balaban J connectivity index is 2.16. The van der Waals surface area contributed by atoms with Gasteiger partial charge in [0, 0.05) is 19.1 Å². The first-order valence-electron chi connectivity index (χ1n) is 7.18. The summed E-state index contributed by atoms with van der Waals surface area (Å²) in [6, 6.07) is 0.656. The Kier molecular flexibility index (Phi) is 6.38. The summed E-state index contributed by atoms with van der Waals surface area (Å²) in [6.07, 6.45) is 5.10. The standard InChI is InChI=1S/C14H29N3/c1-5-15-14(17-13-10-12(13)4)16-9-7-6-8-11(2)3/h11-13H,5-10H2,1-4H3,(H2,15,16,17). The van der Waals surface area contributed by atoms with Gasteiger partial charge >= 0.3 is 0 Å². The normalized spacial score (nSPS) is 23.9. The molecule has 0 radical (unpaired) electrons. The molecule has 0 spiro atoms. The molecule has 0 aromatic carbocycles. The molecule has 17 heavy (non-hydrogen) atoms. The first-order chi connectivity index (χ1) is 8.13. The molecule has 0 heterocycles. The van der Waals surface area contributed by atoms with Crippen molar-refractivity contribution in [1.82, 2.24) is 10.6 Å². The summed E-state index contributed by atoms with van der Waals surface area (Å²) in [5.74, 6) is 2.64. The molecule has 1 rings (SSSR count). The summed E-state index contributed by atoms with van der Waals surface area (Å²) in [6.45, 7) is 10.9. The van der Waals surface area contributed by atoms with Gasteiger partial charge in [-0.1, -0.05) is 33.6 Å². The summed E-state index contributed by atoms with van der Waals surface area (Å²) in [5, 5.41) is 6.79. The fourth-order valence-corrected chi connectivity index (χ4v) is 1.87. The predicted octanol–water partition coefficient (Wildman–Crippen LogP) is 2.78. The van der Waals surface area contributed by atoms with E-state index >= 15 is 0 Å². The third-order valence-corrected chi connectivity index (χ3v) is 3.24. The Morgan fingerprint density at radius 2 is 2.06 bits per heavy atom. The second-order valence-electron chi connectivity index (χ2n) is 5.61. The lowest BCUT2D eigenvalue weighted by molar-refractivity contribution is 0.541. The molecule has 0 aromatic rings.